The van der Waals surface area contributed by atoms with Crippen molar-refractivity contribution in [1.29, 1.82) is 0 Å². The summed E-state index contributed by atoms with van der Waals surface area (Å²) in [6.45, 7) is 1.49. The summed E-state index contributed by atoms with van der Waals surface area (Å²) in [5, 5.41) is 5.28. The quantitative estimate of drug-likeness (QED) is 0.529. The lowest BCUT2D eigenvalue weighted by Crippen LogP contribution is -2.08. The molecule has 1 amide bonds. The van der Waals surface area contributed by atoms with Crippen LogP contribution in [-0.4, -0.2) is 24.0 Å². The Labute approximate surface area is 174 Å². The fourth-order valence-electron chi connectivity index (χ4n) is 2.46. The van der Waals surface area contributed by atoms with Gasteiger partial charge < -0.3 is 14.8 Å². The van der Waals surface area contributed by atoms with Crippen LogP contribution < -0.4 is 10.1 Å². The van der Waals surface area contributed by atoms with Gasteiger partial charge >= 0.3 is 5.97 Å². The van der Waals surface area contributed by atoms with Crippen molar-refractivity contribution in [3.63, 3.8) is 0 Å². The minimum Gasteiger partial charge on any atom is -0.496 e. The molecule has 8 heteroatoms. The number of esters is 1. The molecule has 1 heterocycles. The number of amides is 1. The second kappa shape index (κ2) is 8.99. The van der Waals surface area contributed by atoms with E-state index >= 15 is 0 Å². The normalized spacial score (nSPS) is 10.4. The number of methoxy groups -OCH3 is 1. The number of carbonyl (C=O) groups excluding carboxylic acids is 2. The van der Waals surface area contributed by atoms with Crippen LogP contribution in [0, 0.1) is 0 Å². The lowest BCUT2D eigenvalue weighted by molar-refractivity contribution is -0.114. The molecule has 0 radical (unpaired) electrons. The average molecular weight is 461 g/mol. The molecule has 6 nitrogen and oxygen atoms in total. The van der Waals surface area contributed by atoms with Crippen LogP contribution in [0.25, 0.3) is 10.6 Å². The van der Waals surface area contributed by atoms with Gasteiger partial charge in [-0.05, 0) is 42.5 Å². The standard InChI is InChI=1S/C20H17BrN2O4S/c1-12(24)22-15-6-3-13(4-7-15)20(25)27-10-16-11-28-19(23-16)17-9-14(21)5-8-18(17)26-2/h3-9,11H,10H2,1-2H3,(H,22,24). The van der Waals surface area contributed by atoms with Gasteiger partial charge in [0.1, 0.15) is 17.4 Å². The second-order valence-electron chi connectivity index (χ2n) is 5.82. The maximum absolute atomic E-state index is 12.2. The smallest absolute Gasteiger partial charge is 0.338 e. The Morgan fingerprint density at radius 3 is 2.61 bits per heavy atom. The van der Waals surface area contributed by atoms with Crippen molar-refractivity contribution in [1.82, 2.24) is 4.98 Å². The van der Waals surface area contributed by atoms with Gasteiger partial charge in [0.05, 0.1) is 23.9 Å². The van der Waals surface area contributed by atoms with E-state index in [1.807, 2.05) is 23.6 Å². The summed E-state index contributed by atoms with van der Waals surface area (Å²) >= 11 is 4.90. The maximum atomic E-state index is 12.2. The molecule has 144 valence electrons. The molecular weight excluding hydrogens is 444 g/mol. The second-order valence-corrected chi connectivity index (χ2v) is 7.60. The van der Waals surface area contributed by atoms with E-state index in [0.717, 1.165) is 20.8 Å². The van der Waals surface area contributed by atoms with E-state index in [2.05, 4.69) is 26.2 Å². The summed E-state index contributed by atoms with van der Waals surface area (Å²) in [7, 11) is 1.61. The first-order valence-corrected chi connectivity index (χ1v) is 9.96. The first-order chi connectivity index (χ1) is 13.5. The third-order valence-electron chi connectivity index (χ3n) is 3.74. The zero-order chi connectivity index (χ0) is 20.1. The molecule has 3 rings (SSSR count). The third kappa shape index (κ3) is 4.96. The Kier molecular flexibility index (Phi) is 6.43. The van der Waals surface area contributed by atoms with Crippen LogP contribution in [0.4, 0.5) is 5.69 Å². The molecule has 0 saturated carbocycles. The number of anilines is 1. The van der Waals surface area contributed by atoms with Crippen molar-refractivity contribution < 1.29 is 19.1 Å². The molecule has 0 fully saturated rings. The Morgan fingerprint density at radius 1 is 1.18 bits per heavy atom. The third-order valence-corrected chi connectivity index (χ3v) is 5.15. The fraction of sp³-hybridized carbons (Fsp3) is 0.150. The number of halogens is 1. The first-order valence-electron chi connectivity index (χ1n) is 8.29. The number of nitrogens with zero attached hydrogens (tertiary/aromatic N) is 1. The van der Waals surface area contributed by atoms with Crippen LogP contribution >= 0.6 is 27.3 Å². The number of carbonyl (C=O) groups is 2. The van der Waals surface area contributed by atoms with E-state index in [9.17, 15) is 9.59 Å². The molecule has 0 saturated heterocycles. The van der Waals surface area contributed by atoms with Gasteiger partial charge in [0, 0.05) is 22.5 Å². The van der Waals surface area contributed by atoms with Gasteiger partial charge in [-0.25, -0.2) is 9.78 Å². The molecule has 1 N–H and O–H groups in total. The summed E-state index contributed by atoms with van der Waals surface area (Å²) < 4.78 is 11.7. The van der Waals surface area contributed by atoms with Crippen LogP contribution in [0.3, 0.4) is 0 Å². The van der Waals surface area contributed by atoms with E-state index in [1.54, 1.807) is 31.4 Å². The lowest BCUT2D eigenvalue weighted by Gasteiger charge is -2.06. The Balaban J connectivity index is 1.65. The van der Waals surface area contributed by atoms with E-state index in [1.165, 1.54) is 18.3 Å². The molecule has 0 aliphatic carbocycles. The van der Waals surface area contributed by atoms with Gasteiger partial charge in [-0.3, -0.25) is 4.79 Å². The number of benzene rings is 2. The van der Waals surface area contributed by atoms with Crippen LogP contribution in [0.15, 0.2) is 52.3 Å². The predicted molar refractivity (Wildman–Crippen MR) is 112 cm³/mol. The van der Waals surface area contributed by atoms with E-state index < -0.39 is 5.97 Å². The zero-order valence-corrected chi connectivity index (χ0v) is 17.6. The van der Waals surface area contributed by atoms with Crippen molar-refractivity contribution >= 4 is 44.8 Å². The Morgan fingerprint density at radius 2 is 1.93 bits per heavy atom. The highest BCUT2D eigenvalue weighted by Gasteiger charge is 2.13. The number of aromatic nitrogens is 1. The molecule has 1 aromatic heterocycles. The van der Waals surface area contributed by atoms with Gasteiger partial charge in [-0.15, -0.1) is 11.3 Å². The summed E-state index contributed by atoms with van der Waals surface area (Å²) in [6.07, 6.45) is 0. The van der Waals surface area contributed by atoms with Gasteiger partial charge in [-0.1, -0.05) is 15.9 Å². The SMILES string of the molecule is COc1ccc(Br)cc1-c1nc(COC(=O)c2ccc(NC(C)=O)cc2)cs1. The molecule has 3 aromatic rings. The summed E-state index contributed by atoms with van der Waals surface area (Å²) in [6, 6.07) is 12.2. The largest absolute Gasteiger partial charge is 0.496 e. The van der Waals surface area contributed by atoms with Crippen LogP contribution in [0.5, 0.6) is 5.75 Å². The van der Waals surface area contributed by atoms with Crippen molar-refractivity contribution in [3.8, 4) is 16.3 Å². The summed E-state index contributed by atoms with van der Waals surface area (Å²) in [5.74, 6) is 0.0982. The maximum Gasteiger partial charge on any atom is 0.338 e. The Hall–Kier alpha value is -2.71. The van der Waals surface area contributed by atoms with Gasteiger partial charge in [0.25, 0.3) is 0 Å². The van der Waals surface area contributed by atoms with Crippen LogP contribution in [0.2, 0.25) is 0 Å². The number of ether oxygens (including phenoxy) is 2. The summed E-state index contributed by atoms with van der Waals surface area (Å²) in [5.41, 5.74) is 2.55. The van der Waals surface area contributed by atoms with Crippen molar-refractivity contribution in [2.45, 2.75) is 13.5 Å². The highest BCUT2D eigenvalue weighted by Crippen LogP contribution is 2.34. The highest BCUT2D eigenvalue weighted by atomic mass is 79.9. The monoisotopic (exact) mass is 460 g/mol. The lowest BCUT2D eigenvalue weighted by atomic mass is 10.2. The minimum atomic E-state index is -0.455. The number of hydrogen-bond acceptors (Lipinski definition) is 6. The highest BCUT2D eigenvalue weighted by molar-refractivity contribution is 9.10. The molecule has 0 spiro atoms. The molecule has 0 unspecified atom stereocenters. The predicted octanol–water partition coefficient (Wildman–Crippen LogP) is 4.90. The number of thiazole rings is 1. The van der Waals surface area contributed by atoms with Crippen LogP contribution in [0.1, 0.15) is 23.0 Å². The van der Waals surface area contributed by atoms with Gasteiger partial charge in [-0.2, -0.15) is 0 Å². The molecule has 0 aliphatic heterocycles. The molecule has 0 aliphatic rings. The molecule has 0 atom stereocenters. The molecule has 0 bridgehead atoms. The zero-order valence-electron chi connectivity index (χ0n) is 15.2. The van der Waals surface area contributed by atoms with Gasteiger partial charge in [0.2, 0.25) is 5.91 Å². The van der Waals surface area contributed by atoms with E-state index in [-0.39, 0.29) is 12.5 Å². The topological polar surface area (TPSA) is 77.5 Å². The van der Waals surface area contributed by atoms with Crippen LogP contribution in [-0.2, 0) is 16.1 Å². The van der Waals surface area contributed by atoms with E-state index in [4.69, 9.17) is 9.47 Å². The van der Waals surface area contributed by atoms with Crippen molar-refractivity contribution in [3.05, 3.63) is 63.6 Å². The Bertz CT molecular complexity index is 1000. The average Bonchev–Trinajstić information content (AvgIpc) is 3.15. The molecule has 2 aromatic carbocycles. The van der Waals surface area contributed by atoms with E-state index in [0.29, 0.717) is 16.9 Å². The molecule has 28 heavy (non-hydrogen) atoms. The summed E-state index contributed by atoms with van der Waals surface area (Å²) in [4.78, 5) is 27.8. The number of nitrogens with one attached hydrogen (secondary N) is 1. The molecular formula is C20H17BrN2O4S. The fourth-order valence-corrected chi connectivity index (χ4v) is 3.65. The number of rotatable bonds is 6. The van der Waals surface area contributed by atoms with Gasteiger partial charge in [0.15, 0.2) is 0 Å². The van der Waals surface area contributed by atoms with Crippen molar-refractivity contribution in [2.75, 3.05) is 12.4 Å². The minimum absolute atomic E-state index is 0.0686. The number of hydrogen-bond donors (Lipinski definition) is 1. The van der Waals surface area contributed by atoms with Crippen molar-refractivity contribution in [2.24, 2.45) is 0 Å². The first kappa shape index (κ1) is 20.0.